The van der Waals surface area contributed by atoms with E-state index in [1.54, 1.807) is 0 Å². The Bertz CT molecular complexity index is 369. The number of urea groups is 1. The van der Waals surface area contributed by atoms with Crippen LogP contribution in [0.25, 0.3) is 0 Å². The molecule has 6 nitrogen and oxygen atoms in total. The summed E-state index contributed by atoms with van der Waals surface area (Å²) >= 11 is 0. The van der Waals surface area contributed by atoms with E-state index >= 15 is 0 Å². The van der Waals surface area contributed by atoms with E-state index in [1.165, 1.54) is 6.42 Å². The lowest BCUT2D eigenvalue weighted by molar-refractivity contribution is -0.141. The highest BCUT2D eigenvalue weighted by molar-refractivity contribution is 5.82. The number of carbonyl (C=O) groups is 2. The molecule has 120 valence electrons. The van der Waals surface area contributed by atoms with Crippen molar-refractivity contribution >= 4 is 12.0 Å². The summed E-state index contributed by atoms with van der Waals surface area (Å²) in [5.74, 6) is -0.853. The van der Waals surface area contributed by atoms with Gasteiger partial charge in [0.1, 0.15) is 6.04 Å². The number of hydrogen-bond acceptors (Lipinski definition) is 3. The molecule has 0 bridgehead atoms. The Morgan fingerprint density at radius 3 is 2.48 bits per heavy atom. The number of hydrogen-bond donors (Lipinski definition) is 3. The normalized spacial score (nSPS) is 26.0. The van der Waals surface area contributed by atoms with Gasteiger partial charge in [0.15, 0.2) is 0 Å². The summed E-state index contributed by atoms with van der Waals surface area (Å²) in [5.41, 5.74) is 0. The van der Waals surface area contributed by atoms with Gasteiger partial charge in [0, 0.05) is 12.6 Å². The number of nitrogens with one attached hydrogen (secondary N) is 2. The third kappa shape index (κ3) is 4.88. The molecule has 0 spiro atoms. The van der Waals surface area contributed by atoms with Gasteiger partial charge in [0.2, 0.25) is 0 Å². The summed E-state index contributed by atoms with van der Waals surface area (Å²) in [5, 5.41) is 15.0. The standard InChI is InChI=1S/C15H27N3O3/c1-18-9-5-8-12(10-18)16-15(21)17-13(14(19)20)11-6-3-2-4-7-11/h11-13H,2-10H2,1H3,(H,19,20)(H2,16,17,21). The van der Waals surface area contributed by atoms with Crippen molar-refractivity contribution in [3.8, 4) is 0 Å². The number of amides is 2. The second-order valence-corrected chi connectivity index (χ2v) is 6.43. The maximum atomic E-state index is 12.1. The zero-order valence-corrected chi connectivity index (χ0v) is 12.8. The van der Waals surface area contributed by atoms with E-state index in [2.05, 4.69) is 15.5 Å². The minimum atomic E-state index is -0.919. The van der Waals surface area contributed by atoms with E-state index in [1.807, 2.05) is 7.05 Å². The number of nitrogens with zero attached hydrogens (tertiary/aromatic N) is 1. The second kappa shape index (κ2) is 7.64. The van der Waals surface area contributed by atoms with Crippen LogP contribution in [-0.2, 0) is 4.79 Å². The van der Waals surface area contributed by atoms with Crippen LogP contribution < -0.4 is 10.6 Å². The summed E-state index contributed by atoms with van der Waals surface area (Å²) in [7, 11) is 2.04. The molecule has 2 aliphatic rings. The number of carboxylic acids is 1. The second-order valence-electron chi connectivity index (χ2n) is 6.43. The molecule has 0 aromatic carbocycles. The molecule has 21 heavy (non-hydrogen) atoms. The van der Waals surface area contributed by atoms with Crippen LogP contribution in [0.2, 0.25) is 0 Å². The summed E-state index contributed by atoms with van der Waals surface area (Å²) in [6, 6.07) is -0.982. The Labute approximate surface area is 126 Å². The lowest BCUT2D eigenvalue weighted by atomic mass is 9.84. The molecule has 1 aliphatic heterocycles. The van der Waals surface area contributed by atoms with Crippen LogP contribution in [0.5, 0.6) is 0 Å². The number of aliphatic carboxylic acids is 1. The third-order valence-corrected chi connectivity index (χ3v) is 4.63. The van der Waals surface area contributed by atoms with Crippen LogP contribution in [-0.4, -0.2) is 54.2 Å². The van der Waals surface area contributed by atoms with Crippen molar-refractivity contribution in [2.45, 2.75) is 57.0 Å². The van der Waals surface area contributed by atoms with Crippen molar-refractivity contribution in [1.82, 2.24) is 15.5 Å². The zero-order chi connectivity index (χ0) is 15.2. The molecule has 1 saturated heterocycles. The molecule has 2 amide bonds. The molecule has 2 rings (SSSR count). The van der Waals surface area contributed by atoms with Crippen LogP contribution in [0.1, 0.15) is 44.9 Å². The Hall–Kier alpha value is -1.30. The fraction of sp³-hybridized carbons (Fsp3) is 0.867. The molecule has 3 N–H and O–H groups in total. The van der Waals surface area contributed by atoms with Gasteiger partial charge in [0.05, 0.1) is 0 Å². The van der Waals surface area contributed by atoms with Crippen LogP contribution in [0.3, 0.4) is 0 Å². The highest BCUT2D eigenvalue weighted by Gasteiger charge is 2.31. The first-order valence-corrected chi connectivity index (χ1v) is 8.04. The molecule has 2 atom stereocenters. The van der Waals surface area contributed by atoms with Crippen molar-refractivity contribution in [3.63, 3.8) is 0 Å². The van der Waals surface area contributed by atoms with Crippen LogP contribution in [0.15, 0.2) is 0 Å². The fourth-order valence-electron chi connectivity index (χ4n) is 3.50. The maximum absolute atomic E-state index is 12.1. The molecule has 1 aliphatic carbocycles. The topological polar surface area (TPSA) is 81.7 Å². The molecule has 1 heterocycles. The van der Waals surface area contributed by atoms with Crippen LogP contribution in [0, 0.1) is 5.92 Å². The summed E-state index contributed by atoms with van der Waals surface area (Å²) in [4.78, 5) is 25.7. The number of likely N-dealkylation sites (tertiary alicyclic amines) is 1. The Morgan fingerprint density at radius 2 is 1.86 bits per heavy atom. The van der Waals surface area contributed by atoms with Gasteiger partial charge < -0.3 is 20.6 Å². The van der Waals surface area contributed by atoms with E-state index in [4.69, 9.17) is 0 Å². The zero-order valence-electron chi connectivity index (χ0n) is 12.8. The first-order valence-electron chi connectivity index (χ1n) is 8.04. The molecule has 2 fully saturated rings. The van der Waals surface area contributed by atoms with Crippen LogP contribution in [0.4, 0.5) is 4.79 Å². The highest BCUT2D eigenvalue weighted by Crippen LogP contribution is 2.26. The molecule has 1 saturated carbocycles. The van der Waals surface area contributed by atoms with Crippen molar-refractivity contribution < 1.29 is 14.7 Å². The molecular weight excluding hydrogens is 270 g/mol. The number of piperidine rings is 1. The molecule has 0 radical (unpaired) electrons. The predicted molar refractivity (Wildman–Crippen MR) is 80.2 cm³/mol. The van der Waals surface area contributed by atoms with E-state index in [-0.39, 0.29) is 18.0 Å². The summed E-state index contributed by atoms with van der Waals surface area (Å²) < 4.78 is 0. The van der Waals surface area contributed by atoms with Crippen LogP contribution >= 0.6 is 0 Å². The largest absolute Gasteiger partial charge is 0.480 e. The lowest BCUT2D eigenvalue weighted by Gasteiger charge is -2.32. The maximum Gasteiger partial charge on any atom is 0.326 e. The van der Waals surface area contributed by atoms with Gasteiger partial charge in [-0.3, -0.25) is 0 Å². The first kappa shape index (κ1) is 16.1. The van der Waals surface area contributed by atoms with Gasteiger partial charge in [0.25, 0.3) is 0 Å². The van der Waals surface area contributed by atoms with Crippen molar-refractivity contribution in [3.05, 3.63) is 0 Å². The highest BCUT2D eigenvalue weighted by atomic mass is 16.4. The number of carbonyl (C=O) groups excluding carboxylic acids is 1. The monoisotopic (exact) mass is 297 g/mol. The van der Waals surface area contributed by atoms with Crippen molar-refractivity contribution in [2.24, 2.45) is 5.92 Å². The summed E-state index contributed by atoms with van der Waals surface area (Å²) in [6.45, 7) is 1.88. The van der Waals surface area contributed by atoms with Crippen molar-refractivity contribution in [1.29, 1.82) is 0 Å². The average Bonchev–Trinajstić information content (AvgIpc) is 2.45. The Kier molecular flexibility index (Phi) is 5.85. The van der Waals surface area contributed by atoms with E-state index in [9.17, 15) is 14.7 Å². The smallest absolute Gasteiger partial charge is 0.326 e. The van der Waals surface area contributed by atoms with Gasteiger partial charge >= 0.3 is 12.0 Å². The predicted octanol–water partition coefficient (Wildman–Crippen LogP) is 1.41. The minimum absolute atomic E-state index is 0.0658. The molecule has 6 heteroatoms. The van der Waals surface area contributed by atoms with E-state index in [0.29, 0.717) is 0 Å². The van der Waals surface area contributed by atoms with E-state index < -0.39 is 12.0 Å². The third-order valence-electron chi connectivity index (χ3n) is 4.63. The molecular formula is C15H27N3O3. The quantitative estimate of drug-likeness (QED) is 0.733. The Morgan fingerprint density at radius 1 is 1.14 bits per heavy atom. The van der Waals surface area contributed by atoms with E-state index in [0.717, 1.165) is 51.6 Å². The van der Waals surface area contributed by atoms with Crippen molar-refractivity contribution in [2.75, 3.05) is 20.1 Å². The number of likely N-dealkylation sites (N-methyl/N-ethyl adjacent to an activating group) is 1. The number of rotatable bonds is 4. The average molecular weight is 297 g/mol. The summed E-state index contributed by atoms with van der Waals surface area (Å²) in [6.07, 6.45) is 7.10. The van der Waals surface area contributed by atoms with Gasteiger partial charge in [-0.05, 0) is 45.2 Å². The van der Waals surface area contributed by atoms with Gasteiger partial charge in [-0.2, -0.15) is 0 Å². The Balaban J connectivity index is 1.84. The molecule has 0 aromatic rings. The first-order chi connectivity index (χ1) is 10.1. The minimum Gasteiger partial charge on any atom is -0.480 e. The fourth-order valence-corrected chi connectivity index (χ4v) is 3.50. The van der Waals surface area contributed by atoms with Gasteiger partial charge in [-0.1, -0.05) is 19.3 Å². The van der Waals surface area contributed by atoms with Gasteiger partial charge in [-0.15, -0.1) is 0 Å². The number of carboxylic acid groups (broad SMARTS) is 1. The molecule has 2 unspecified atom stereocenters. The lowest BCUT2D eigenvalue weighted by Crippen LogP contribution is -2.54. The SMILES string of the molecule is CN1CCCC(NC(=O)NC(C(=O)O)C2CCCCC2)C1. The van der Waals surface area contributed by atoms with Gasteiger partial charge in [-0.25, -0.2) is 9.59 Å². The molecule has 0 aromatic heterocycles.